The van der Waals surface area contributed by atoms with Gasteiger partial charge < -0.3 is 15.2 Å². The van der Waals surface area contributed by atoms with Crippen molar-refractivity contribution in [1.82, 2.24) is 5.32 Å². The lowest BCUT2D eigenvalue weighted by Gasteiger charge is -2.36. The minimum absolute atomic E-state index is 0.0356. The lowest BCUT2D eigenvalue weighted by atomic mass is 10.0. The maximum atomic E-state index is 14.5. The second-order valence-electron chi connectivity index (χ2n) is 9.39. The fourth-order valence-corrected chi connectivity index (χ4v) is 5.54. The van der Waals surface area contributed by atoms with Crippen LogP contribution in [0.15, 0.2) is 65.6 Å². The Hall–Kier alpha value is -3.92. The quantitative estimate of drug-likeness (QED) is 0.375. The van der Waals surface area contributed by atoms with Crippen LogP contribution in [0.2, 0.25) is 0 Å². The van der Waals surface area contributed by atoms with Crippen molar-refractivity contribution < 1.29 is 58.2 Å². The number of fused-ring (bicyclic) bond motifs is 1. The maximum absolute atomic E-state index is 14.5. The van der Waals surface area contributed by atoms with Gasteiger partial charge in [-0.1, -0.05) is 12.1 Å². The summed E-state index contributed by atoms with van der Waals surface area (Å²) in [6.45, 7) is -1.30. The zero-order chi connectivity index (χ0) is 31.3. The fraction of sp³-hybridized carbons (Fsp3) is 0.269. The molecule has 0 aromatic heterocycles. The smallest absolute Gasteiger partial charge is 0.426 e. The highest BCUT2D eigenvalue weighted by Gasteiger charge is 2.55. The molecular formula is C26H20F8N2O5S. The molecular weight excluding hydrogens is 604 g/mol. The average Bonchev–Trinajstić information content (AvgIpc) is 2.91. The number of nitrogens with zero attached hydrogens (tertiary/aromatic N) is 1. The number of ether oxygens (including phenoxy) is 1. The number of aliphatic hydroxyl groups is 1. The molecule has 2 atom stereocenters. The molecule has 0 bridgehead atoms. The number of anilines is 1. The molecule has 0 radical (unpaired) electrons. The summed E-state index contributed by atoms with van der Waals surface area (Å²) in [5.74, 6) is -3.81. The number of hydrogen-bond acceptors (Lipinski definition) is 5. The second kappa shape index (κ2) is 10.7. The van der Waals surface area contributed by atoms with E-state index in [-0.39, 0.29) is 29.5 Å². The normalized spacial score (nSPS) is 17.2. The molecule has 16 heteroatoms. The van der Waals surface area contributed by atoms with Gasteiger partial charge in [-0.05, 0) is 61.0 Å². The number of sulfonamides is 1. The first-order chi connectivity index (χ1) is 19.3. The Balaban J connectivity index is 1.77. The van der Waals surface area contributed by atoms with E-state index in [1.54, 1.807) is 0 Å². The molecule has 0 aliphatic carbocycles. The molecule has 2 N–H and O–H groups in total. The highest BCUT2D eigenvalue weighted by Crippen LogP contribution is 2.41. The lowest BCUT2D eigenvalue weighted by Crippen LogP contribution is -2.57. The minimum atomic E-state index is -5.35. The van der Waals surface area contributed by atoms with Crippen molar-refractivity contribution in [3.63, 3.8) is 0 Å². The summed E-state index contributed by atoms with van der Waals surface area (Å²) in [4.78, 5) is 11.2. The second-order valence-corrected chi connectivity index (χ2v) is 11.3. The Kier molecular flexibility index (Phi) is 7.92. The highest BCUT2D eigenvalue weighted by atomic mass is 32.2. The predicted octanol–water partition coefficient (Wildman–Crippen LogP) is 5.04. The third kappa shape index (κ3) is 5.99. The number of carbonyl (C=O) groups excluding carboxylic acids is 1. The van der Waals surface area contributed by atoms with Gasteiger partial charge in [-0.25, -0.2) is 17.2 Å². The van der Waals surface area contributed by atoms with Gasteiger partial charge in [0.1, 0.15) is 23.5 Å². The number of halogens is 8. The molecule has 0 fully saturated rings. The molecule has 226 valence electrons. The molecule has 0 saturated heterocycles. The fourth-order valence-electron chi connectivity index (χ4n) is 4.00. The molecule has 3 aromatic carbocycles. The van der Waals surface area contributed by atoms with Gasteiger partial charge in [0, 0.05) is 5.56 Å². The topological polar surface area (TPSA) is 95.9 Å². The van der Waals surface area contributed by atoms with E-state index in [4.69, 9.17) is 4.74 Å². The average molecular weight is 625 g/mol. The predicted molar refractivity (Wildman–Crippen MR) is 132 cm³/mol. The molecule has 0 saturated carbocycles. The van der Waals surface area contributed by atoms with Gasteiger partial charge in [-0.2, -0.15) is 26.3 Å². The van der Waals surface area contributed by atoms with Crippen molar-refractivity contribution in [1.29, 1.82) is 0 Å². The number of hydrogen-bond donors (Lipinski definition) is 2. The Morgan fingerprint density at radius 3 is 2.36 bits per heavy atom. The first-order valence-electron chi connectivity index (χ1n) is 11.9. The lowest BCUT2D eigenvalue weighted by molar-refractivity contribution is -0.245. The van der Waals surface area contributed by atoms with E-state index >= 15 is 0 Å². The molecule has 0 spiro atoms. The van der Waals surface area contributed by atoms with Gasteiger partial charge in [-0.3, -0.25) is 9.10 Å². The van der Waals surface area contributed by atoms with E-state index < -0.39 is 75.2 Å². The maximum Gasteiger partial charge on any atom is 0.426 e. The summed E-state index contributed by atoms with van der Waals surface area (Å²) < 4.78 is 141. The SMILES string of the molecule is C[C@@](O)(C(=O)NC[C@H]1CN(S(=O)(=O)c2cccc(C(F)(F)F)c2)c2cc(-c3cc(F)ccc3F)ccc2O1)C(F)(F)F. The third-order valence-electron chi connectivity index (χ3n) is 6.36. The van der Waals surface area contributed by atoms with Crippen LogP contribution in [-0.2, 0) is 21.0 Å². The van der Waals surface area contributed by atoms with Gasteiger partial charge >= 0.3 is 12.4 Å². The van der Waals surface area contributed by atoms with E-state index in [0.29, 0.717) is 16.4 Å². The van der Waals surface area contributed by atoms with Crippen LogP contribution in [0.5, 0.6) is 5.75 Å². The largest absolute Gasteiger partial charge is 0.484 e. The van der Waals surface area contributed by atoms with Crippen LogP contribution in [0, 0.1) is 11.6 Å². The van der Waals surface area contributed by atoms with Crippen LogP contribution in [0.1, 0.15) is 12.5 Å². The zero-order valence-electron chi connectivity index (χ0n) is 21.2. The van der Waals surface area contributed by atoms with Crippen LogP contribution in [0.4, 0.5) is 40.8 Å². The number of carbonyl (C=O) groups is 1. The van der Waals surface area contributed by atoms with Crippen LogP contribution >= 0.6 is 0 Å². The van der Waals surface area contributed by atoms with Gasteiger partial charge in [0.2, 0.25) is 5.60 Å². The molecule has 1 heterocycles. The van der Waals surface area contributed by atoms with E-state index in [1.807, 2.05) is 5.32 Å². The Morgan fingerprint density at radius 1 is 1.02 bits per heavy atom. The van der Waals surface area contributed by atoms with Crippen LogP contribution < -0.4 is 14.4 Å². The third-order valence-corrected chi connectivity index (χ3v) is 8.14. The Labute approximate surface area is 233 Å². The monoisotopic (exact) mass is 624 g/mol. The van der Waals surface area contributed by atoms with E-state index in [2.05, 4.69) is 0 Å². The van der Waals surface area contributed by atoms with Crippen molar-refractivity contribution in [2.24, 2.45) is 0 Å². The number of rotatable bonds is 6. The summed E-state index contributed by atoms with van der Waals surface area (Å²) in [5, 5.41) is 11.4. The highest BCUT2D eigenvalue weighted by molar-refractivity contribution is 7.92. The molecule has 0 unspecified atom stereocenters. The first kappa shape index (κ1) is 31.0. The molecule has 7 nitrogen and oxygen atoms in total. The number of benzene rings is 3. The number of amides is 1. The Bertz CT molecular complexity index is 1620. The molecule has 1 aliphatic rings. The summed E-state index contributed by atoms with van der Waals surface area (Å²) in [7, 11) is -4.86. The molecule has 1 aliphatic heterocycles. The molecule has 3 aromatic rings. The van der Waals surface area contributed by atoms with E-state index in [1.165, 1.54) is 6.07 Å². The molecule has 1 amide bonds. The van der Waals surface area contributed by atoms with Crippen molar-refractivity contribution >= 4 is 21.6 Å². The van der Waals surface area contributed by atoms with Gasteiger partial charge in [-0.15, -0.1) is 0 Å². The molecule has 42 heavy (non-hydrogen) atoms. The number of nitrogens with one attached hydrogen (secondary N) is 1. The van der Waals surface area contributed by atoms with E-state index in [0.717, 1.165) is 42.5 Å². The summed E-state index contributed by atoms with van der Waals surface area (Å²) in [5.41, 5.74) is -5.71. The molecule has 4 rings (SSSR count). The van der Waals surface area contributed by atoms with Crippen molar-refractivity contribution in [2.75, 3.05) is 17.4 Å². The van der Waals surface area contributed by atoms with Crippen molar-refractivity contribution in [3.8, 4) is 16.9 Å². The van der Waals surface area contributed by atoms with Crippen LogP contribution in [0.25, 0.3) is 11.1 Å². The van der Waals surface area contributed by atoms with E-state index in [9.17, 15) is 53.4 Å². The van der Waals surface area contributed by atoms with Gasteiger partial charge in [0.15, 0.2) is 0 Å². The standard InChI is InChI=1S/C26H20F8N2O5S/c1-24(38,26(32,33)34)23(37)35-12-17-13-36(42(39,40)18-4-2-3-15(10-18)25(29,30)31)21-9-14(5-8-22(21)41-17)19-11-16(27)6-7-20(19)28/h2-11,17,38H,12-13H2,1H3,(H,35,37)/t17-,24+/m0/s1. The summed E-state index contributed by atoms with van der Waals surface area (Å²) >= 11 is 0. The van der Waals surface area contributed by atoms with Gasteiger partial charge in [0.25, 0.3) is 15.9 Å². The minimum Gasteiger partial charge on any atom is -0.484 e. The Morgan fingerprint density at radius 2 is 1.71 bits per heavy atom. The summed E-state index contributed by atoms with van der Waals surface area (Å²) in [6.07, 6.45) is -11.7. The van der Waals surface area contributed by atoms with Crippen LogP contribution in [0.3, 0.4) is 0 Å². The van der Waals surface area contributed by atoms with Crippen molar-refractivity contribution in [2.45, 2.75) is 35.9 Å². The number of alkyl halides is 6. The van der Waals surface area contributed by atoms with Gasteiger partial charge in [0.05, 0.1) is 29.2 Å². The summed E-state index contributed by atoms with van der Waals surface area (Å²) in [6, 6.07) is 8.70. The zero-order valence-corrected chi connectivity index (χ0v) is 22.0. The first-order valence-corrected chi connectivity index (χ1v) is 13.3. The van der Waals surface area contributed by atoms with Crippen LogP contribution in [-0.4, -0.2) is 50.4 Å². The van der Waals surface area contributed by atoms with Crippen molar-refractivity contribution in [3.05, 3.63) is 77.9 Å².